The maximum Gasteiger partial charge on any atom is 0.514 e. The molecule has 0 saturated carbocycles. The molecule has 1 aliphatic heterocycles. The maximum absolute atomic E-state index is 10.8. The minimum absolute atomic E-state index is 0.370. The number of pyridine rings is 1. The molecule has 1 aromatic heterocycles. The quantitative estimate of drug-likeness (QED) is 0.594. The molecule has 0 aliphatic carbocycles. The third kappa shape index (κ3) is 2.79. The summed E-state index contributed by atoms with van der Waals surface area (Å²) in [6.07, 6.45) is 1.49. The van der Waals surface area contributed by atoms with Crippen molar-refractivity contribution in [2.45, 2.75) is 45.8 Å². The Labute approximate surface area is 113 Å². The van der Waals surface area contributed by atoms with E-state index in [0.717, 1.165) is 0 Å². The van der Waals surface area contributed by atoms with Gasteiger partial charge in [0.1, 0.15) is 5.75 Å². The van der Waals surface area contributed by atoms with Gasteiger partial charge < -0.3 is 14.0 Å². The number of hydrogen-bond donors (Lipinski definition) is 0. The van der Waals surface area contributed by atoms with Crippen molar-refractivity contribution in [3.8, 4) is 5.75 Å². The molecule has 102 valence electrons. The molecule has 1 fully saturated rings. The topological polar surface area (TPSA) is 57.7 Å². The molecule has 0 N–H and O–H groups in total. The van der Waals surface area contributed by atoms with Gasteiger partial charge in [0.05, 0.1) is 23.0 Å². The standard InChI is InChI=1S/C13H18BNO4/c1-9(16)17-10-6-7-11(15-8-10)14-18-12(2,3)13(4,5)19-14/h6-8H,1-5H3. The summed E-state index contributed by atoms with van der Waals surface area (Å²) in [5.41, 5.74) is -0.128. The molecule has 0 amide bonds. The summed E-state index contributed by atoms with van der Waals surface area (Å²) in [7, 11) is -0.503. The summed E-state index contributed by atoms with van der Waals surface area (Å²) in [5.74, 6) is 0.0398. The molecule has 0 spiro atoms. The van der Waals surface area contributed by atoms with Gasteiger partial charge in [-0.1, -0.05) is 0 Å². The first-order valence-electron chi connectivity index (χ1n) is 6.21. The SMILES string of the molecule is CC(=O)Oc1ccc(B2OC(C)(C)C(C)(C)O2)nc1. The molecule has 5 nitrogen and oxygen atoms in total. The summed E-state index contributed by atoms with van der Waals surface area (Å²) in [4.78, 5) is 15.0. The number of hydrogen-bond acceptors (Lipinski definition) is 5. The van der Waals surface area contributed by atoms with Gasteiger partial charge in [-0.15, -0.1) is 0 Å². The molecule has 1 saturated heterocycles. The van der Waals surface area contributed by atoms with E-state index in [1.54, 1.807) is 12.1 Å². The van der Waals surface area contributed by atoms with E-state index in [1.807, 2.05) is 27.7 Å². The van der Waals surface area contributed by atoms with E-state index in [4.69, 9.17) is 14.0 Å². The minimum Gasteiger partial charge on any atom is -0.425 e. The Morgan fingerprint density at radius 1 is 1.21 bits per heavy atom. The van der Waals surface area contributed by atoms with E-state index in [2.05, 4.69) is 4.98 Å². The summed E-state index contributed by atoms with van der Waals surface area (Å²) >= 11 is 0. The number of aromatic nitrogens is 1. The summed E-state index contributed by atoms with van der Waals surface area (Å²) in [5, 5.41) is 0. The zero-order valence-corrected chi connectivity index (χ0v) is 11.9. The summed E-state index contributed by atoms with van der Waals surface area (Å²) < 4.78 is 16.7. The van der Waals surface area contributed by atoms with E-state index in [1.165, 1.54) is 13.1 Å². The van der Waals surface area contributed by atoms with Crippen molar-refractivity contribution in [3.05, 3.63) is 18.3 Å². The number of carbonyl (C=O) groups excluding carboxylic acids is 1. The first-order chi connectivity index (χ1) is 8.71. The minimum atomic E-state index is -0.503. The van der Waals surface area contributed by atoms with Gasteiger partial charge in [0.2, 0.25) is 0 Å². The molecule has 6 heteroatoms. The molecule has 0 aromatic carbocycles. The Balaban J connectivity index is 2.14. The normalized spacial score (nSPS) is 20.4. The van der Waals surface area contributed by atoms with E-state index in [9.17, 15) is 4.79 Å². The van der Waals surface area contributed by atoms with Crippen molar-refractivity contribution in [2.75, 3.05) is 0 Å². The third-order valence-corrected chi connectivity index (χ3v) is 3.52. The van der Waals surface area contributed by atoms with Gasteiger partial charge in [0.15, 0.2) is 0 Å². The number of carbonyl (C=O) groups is 1. The lowest BCUT2D eigenvalue weighted by Crippen LogP contribution is -2.41. The van der Waals surface area contributed by atoms with Crippen molar-refractivity contribution in [1.29, 1.82) is 0 Å². The van der Waals surface area contributed by atoms with Crippen LogP contribution in [-0.4, -0.2) is 29.3 Å². The van der Waals surface area contributed by atoms with Crippen LogP contribution in [0.3, 0.4) is 0 Å². The van der Waals surface area contributed by atoms with Gasteiger partial charge in [-0.25, -0.2) is 0 Å². The van der Waals surface area contributed by atoms with Crippen LogP contribution in [-0.2, 0) is 14.1 Å². The van der Waals surface area contributed by atoms with Crippen LogP contribution in [0.5, 0.6) is 5.75 Å². The van der Waals surface area contributed by atoms with E-state index in [0.29, 0.717) is 11.3 Å². The van der Waals surface area contributed by atoms with Gasteiger partial charge in [-0.3, -0.25) is 9.78 Å². The van der Waals surface area contributed by atoms with Crippen LogP contribution < -0.4 is 10.3 Å². The molecule has 1 aromatic rings. The lowest BCUT2D eigenvalue weighted by atomic mass is 9.84. The molecule has 0 bridgehead atoms. The second-order valence-electron chi connectivity index (χ2n) is 5.60. The van der Waals surface area contributed by atoms with E-state index >= 15 is 0 Å². The van der Waals surface area contributed by atoms with Gasteiger partial charge >= 0.3 is 13.1 Å². The monoisotopic (exact) mass is 263 g/mol. The van der Waals surface area contributed by atoms with Crippen LogP contribution in [0.4, 0.5) is 0 Å². The second-order valence-corrected chi connectivity index (χ2v) is 5.60. The summed E-state index contributed by atoms with van der Waals surface area (Å²) in [6, 6.07) is 3.41. The maximum atomic E-state index is 10.8. The highest BCUT2D eigenvalue weighted by Gasteiger charge is 2.52. The van der Waals surface area contributed by atoms with Gasteiger partial charge in [0.25, 0.3) is 0 Å². The Morgan fingerprint density at radius 2 is 1.79 bits per heavy atom. The largest absolute Gasteiger partial charge is 0.514 e. The van der Waals surface area contributed by atoms with Crippen LogP contribution in [0, 0.1) is 0 Å². The Hall–Kier alpha value is -1.40. The van der Waals surface area contributed by atoms with Gasteiger partial charge in [-0.05, 0) is 39.8 Å². The fraction of sp³-hybridized carbons (Fsp3) is 0.538. The zero-order chi connectivity index (χ0) is 14.3. The molecule has 1 aliphatic rings. The summed E-state index contributed by atoms with van der Waals surface area (Å²) in [6.45, 7) is 9.29. The molecule has 0 unspecified atom stereocenters. The predicted molar refractivity (Wildman–Crippen MR) is 71.3 cm³/mol. The van der Waals surface area contributed by atoms with Crippen molar-refractivity contribution in [3.63, 3.8) is 0 Å². The van der Waals surface area contributed by atoms with Crippen LogP contribution in [0.15, 0.2) is 18.3 Å². The predicted octanol–water partition coefficient (Wildman–Crippen LogP) is 1.31. The highest BCUT2D eigenvalue weighted by Crippen LogP contribution is 2.36. The van der Waals surface area contributed by atoms with Crippen LogP contribution in [0.25, 0.3) is 0 Å². The first-order valence-corrected chi connectivity index (χ1v) is 6.21. The molecule has 0 atom stereocenters. The average molecular weight is 263 g/mol. The van der Waals surface area contributed by atoms with Crippen LogP contribution in [0.2, 0.25) is 0 Å². The fourth-order valence-electron chi connectivity index (χ4n) is 1.72. The highest BCUT2D eigenvalue weighted by molar-refractivity contribution is 6.61. The Kier molecular flexibility index (Phi) is 3.41. The van der Waals surface area contributed by atoms with Gasteiger partial charge in [0, 0.05) is 6.92 Å². The van der Waals surface area contributed by atoms with Crippen LogP contribution >= 0.6 is 0 Å². The second kappa shape index (κ2) is 4.61. The van der Waals surface area contributed by atoms with Crippen molar-refractivity contribution >= 4 is 18.7 Å². The molecule has 2 heterocycles. The lowest BCUT2D eigenvalue weighted by Gasteiger charge is -2.32. The number of ether oxygens (including phenoxy) is 1. The van der Waals surface area contributed by atoms with Crippen molar-refractivity contribution < 1.29 is 18.8 Å². The fourth-order valence-corrected chi connectivity index (χ4v) is 1.72. The number of esters is 1. The lowest BCUT2D eigenvalue weighted by molar-refractivity contribution is -0.131. The first kappa shape index (κ1) is 14.0. The molecule has 19 heavy (non-hydrogen) atoms. The van der Waals surface area contributed by atoms with Gasteiger partial charge in [-0.2, -0.15) is 0 Å². The smallest absolute Gasteiger partial charge is 0.425 e. The Morgan fingerprint density at radius 3 is 2.21 bits per heavy atom. The third-order valence-electron chi connectivity index (χ3n) is 3.52. The highest BCUT2D eigenvalue weighted by atomic mass is 16.7. The van der Waals surface area contributed by atoms with E-state index < -0.39 is 18.3 Å². The van der Waals surface area contributed by atoms with Crippen molar-refractivity contribution in [2.24, 2.45) is 0 Å². The molecular weight excluding hydrogens is 245 g/mol. The number of nitrogens with zero attached hydrogens (tertiary/aromatic N) is 1. The molecule has 0 radical (unpaired) electrons. The van der Waals surface area contributed by atoms with Crippen molar-refractivity contribution in [1.82, 2.24) is 4.98 Å². The van der Waals surface area contributed by atoms with E-state index in [-0.39, 0.29) is 5.97 Å². The van der Waals surface area contributed by atoms with Crippen LogP contribution in [0.1, 0.15) is 34.6 Å². The zero-order valence-electron chi connectivity index (χ0n) is 11.9. The Bertz CT molecular complexity index is 468. The number of rotatable bonds is 2. The molecular formula is C13H18BNO4. The molecule has 2 rings (SSSR count). The average Bonchev–Trinajstić information content (AvgIpc) is 2.48.